The van der Waals surface area contributed by atoms with Gasteiger partial charge >= 0.3 is 11.9 Å². The maximum atomic E-state index is 11.7. The third kappa shape index (κ3) is 6.95. The molecule has 1 aliphatic carbocycles. The predicted molar refractivity (Wildman–Crippen MR) is 96.1 cm³/mol. The maximum absolute atomic E-state index is 11.7. The quantitative estimate of drug-likeness (QED) is 0.491. The maximum Gasteiger partial charge on any atom is 0.338 e. The Morgan fingerprint density at radius 2 is 1.16 bits per heavy atom. The number of nitrogen functional groups attached to an aromatic ring is 2. The molecular weight excluding hydrogens is 320 g/mol. The van der Waals surface area contributed by atoms with Gasteiger partial charge in [-0.15, -0.1) is 0 Å². The number of anilines is 2. The molecule has 0 aromatic heterocycles. The summed E-state index contributed by atoms with van der Waals surface area (Å²) in [6, 6.07) is 12.9. The first-order valence-corrected chi connectivity index (χ1v) is 8.11. The molecule has 0 atom stereocenters. The lowest BCUT2D eigenvalue weighted by Gasteiger charge is -2.07. The number of ether oxygens (including phenoxy) is 2. The summed E-state index contributed by atoms with van der Waals surface area (Å²) in [5, 5.41) is 0. The second-order valence-corrected chi connectivity index (χ2v) is 5.58. The molecule has 6 heteroatoms. The van der Waals surface area contributed by atoms with E-state index in [1.165, 1.54) is 31.4 Å². The van der Waals surface area contributed by atoms with Crippen molar-refractivity contribution in [1.82, 2.24) is 0 Å². The molecule has 2 aromatic rings. The summed E-state index contributed by atoms with van der Waals surface area (Å²) < 4.78 is 9.99. The lowest BCUT2D eigenvalue weighted by atomic mass is 10.2. The van der Waals surface area contributed by atoms with E-state index in [9.17, 15) is 9.59 Å². The lowest BCUT2D eigenvalue weighted by Crippen LogP contribution is -2.14. The lowest BCUT2D eigenvalue weighted by molar-refractivity contribution is 0.0266. The molecule has 0 bridgehead atoms. The molecule has 25 heavy (non-hydrogen) atoms. The average molecular weight is 342 g/mol. The average Bonchev–Trinajstić information content (AvgIpc) is 3.47. The van der Waals surface area contributed by atoms with Gasteiger partial charge in [-0.25, -0.2) is 9.59 Å². The number of hydrogen-bond donors (Lipinski definition) is 2. The Balaban J connectivity index is 0.000000676. The van der Waals surface area contributed by atoms with Crippen LogP contribution < -0.4 is 11.5 Å². The summed E-state index contributed by atoms with van der Waals surface area (Å²) in [7, 11) is 0. The van der Waals surface area contributed by atoms with Gasteiger partial charge in [-0.1, -0.05) is 31.4 Å². The Labute approximate surface area is 146 Å². The molecule has 6 nitrogen and oxygen atoms in total. The Morgan fingerprint density at radius 3 is 1.48 bits per heavy atom. The summed E-state index contributed by atoms with van der Waals surface area (Å²) in [6.07, 6.45) is 4.50. The summed E-state index contributed by atoms with van der Waals surface area (Å²) in [6.45, 7) is -0.0800. The molecule has 0 saturated heterocycles. The van der Waals surface area contributed by atoms with Gasteiger partial charge in [0.1, 0.15) is 13.2 Å². The van der Waals surface area contributed by atoms with Gasteiger partial charge in [0, 0.05) is 11.4 Å². The van der Waals surface area contributed by atoms with E-state index >= 15 is 0 Å². The van der Waals surface area contributed by atoms with Crippen LogP contribution in [0, 0.1) is 0 Å². The first-order valence-electron chi connectivity index (χ1n) is 8.11. The molecule has 1 aliphatic rings. The van der Waals surface area contributed by atoms with E-state index in [0.717, 1.165) is 0 Å². The minimum atomic E-state index is -0.521. The van der Waals surface area contributed by atoms with E-state index in [2.05, 4.69) is 0 Å². The van der Waals surface area contributed by atoms with Crippen LogP contribution in [0.15, 0.2) is 48.5 Å². The zero-order valence-corrected chi connectivity index (χ0v) is 13.9. The third-order valence-electron chi connectivity index (χ3n) is 3.15. The van der Waals surface area contributed by atoms with Crippen molar-refractivity contribution < 1.29 is 19.1 Å². The van der Waals surface area contributed by atoms with Crippen molar-refractivity contribution >= 4 is 23.3 Å². The van der Waals surface area contributed by atoms with Gasteiger partial charge in [-0.2, -0.15) is 0 Å². The van der Waals surface area contributed by atoms with Crippen LogP contribution in [-0.2, 0) is 9.47 Å². The number of nitrogens with two attached hydrogens (primary N) is 2. The highest BCUT2D eigenvalue weighted by Crippen LogP contribution is 2.15. The number of carbonyl (C=O) groups excluding carboxylic acids is 2. The first kappa shape index (κ1) is 18.3. The standard InChI is InChI=1S/C16H16N2O4.C3H6/c17-13-5-1-3-11(9-13)15(19)21-7-8-22-16(20)12-4-2-6-14(18)10-12;1-2-3-1/h1-6,9-10H,7-8,17-18H2;1-3H2. The van der Waals surface area contributed by atoms with Gasteiger partial charge < -0.3 is 20.9 Å². The van der Waals surface area contributed by atoms with Crippen LogP contribution in [0.25, 0.3) is 0 Å². The van der Waals surface area contributed by atoms with Gasteiger partial charge in [0.2, 0.25) is 0 Å². The minimum Gasteiger partial charge on any atom is -0.458 e. The van der Waals surface area contributed by atoms with Crippen LogP contribution in [0.2, 0.25) is 0 Å². The molecule has 0 amide bonds. The van der Waals surface area contributed by atoms with Crippen LogP contribution in [0.3, 0.4) is 0 Å². The van der Waals surface area contributed by atoms with E-state index in [1.54, 1.807) is 36.4 Å². The molecule has 0 heterocycles. The zero-order chi connectivity index (χ0) is 18.1. The molecule has 132 valence electrons. The normalized spacial score (nSPS) is 11.7. The zero-order valence-electron chi connectivity index (χ0n) is 13.9. The monoisotopic (exact) mass is 342 g/mol. The highest BCUT2D eigenvalue weighted by atomic mass is 16.6. The molecule has 0 unspecified atom stereocenters. The van der Waals surface area contributed by atoms with Crippen molar-refractivity contribution in [3.05, 3.63) is 59.7 Å². The number of hydrogen-bond acceptors (Lipinski definition) is 6. The van der Waals surface area contributed by atoms with Gasteiger partial charge in [0.15, 0.2) is 0 Å². The van der Waals surface area contributed by atoms with Gasteiger partial charge in [0.05, 0.1) is 11.1 Å². The fourth-order valence-corrected chi connectivity index (χ4v) is 1.77. The second-order valence-electron chi connectivity index (χ2n) is 5.58. The van der Waals surface area contributed by atoms with Crippen LogP contribution in [0.4, 0.5) is 11.4 Å². The molecule has 2 aromatic carbocycles. The number of benzene rings is 2. The van der Waals surface area contributed by atoms with Crippen molar-refractivity contribution in [2.75, 3.05) is 24.7 Å². The van der Waals surface area contributed by atoms with Crippen molar-refractivity contribution in [3.63, 3.8) is 0 Å². The van der Waals surface area contributed by atoms with Crippen LogP contribution in [0.5, 0.6) is 0 Å². The van der Waals surface area contributed by atoms with E-state index in [0.29, 0.717) is 22.5 Å². The highest BCUT2D eigenvalue weighted by molar-refractivity contribution is 5.91. The van der Waals surface area contributed by atoms with Crippen LogP contribution in [-0.4, -0.2) is 25.2 Å². The van der Waals surface area contributed by atoms with Gasteiger partial charge in [-0.05, 0) is 36.4 Å². The van der Waals surface area contributed by atoms with Crippen LogP contribution in [0.1, 0.15) is 40.0 Å². The Bertz CT molecular complexity index is 667. The SMILES string of the molecule is C1CC1.Nc1cccc(C(=O)OCCOC(=O)c2cccc(N)c2)c1. The van der Waals surface area contributed by atoms with E-state index < -0.39 is 11.9 Å². The number of carbonyl (C=O) groups is 2. The van der Waals surface area contributed by atoms with Crippen molar-refractivity contribution in [1.29, 1.82) is 0 Å². The fraction of sp³-hybridized carbons (Fsp3) is 0.263. The molecule has 3 rings (SSSR count). The van der Waals surface area contributed by atoms with Crippen LogP contribution >= 0.6 is 0 Å². The van der Waals surface area contributed by atoms with Gasteiger partial charge in [0.25, 0.3) is 0 Å². The molecular formula is C19H22N2O4. The van der Waals surface area contributed by atoms with Crippen molar-refractivity contribution in [2.24, 2.45) is 0 Å². The summed E-state index contributed by atoms with van der Waals surface area (Å²) >= 11 is 0. The molecule has 0 spiro atoms. The minimum absolute atomic E-state index is 0.0400. The molecule has 4 N–H and O–H groups in total. The van der Waals surface area contributed by atoms with E-state index in [1.807, 2.05) is 0 Å². The largest absolute Gasteiger partial charge is 0.458 e. The summed E-state index contributed by atoms with van der Waals surface area (Å²) in [5.41, 5.74) is 12.8. The third-order valence-corrected chi connectivity index (χ3v) is 3.15. The van der Waals surface area contributed by atoms with E-state index in [4.69, 9.17) is 20.9 Å². The first-order chi connectivity index (χ1) is 12.1. The smallest absolute Gasteiger partial charge is 0.338 e. The number of rotatable bonds is 5. The molecule has 1 fully saturated rings. The Kier molecular flexibility index (Phi) is 6.83. The topological polar surface area (TPSA) is 105 Å². The van der Waals surface area contributed by atoms with E-state index in [-0.39, 0.29) is 13.2 Å². The fourth-order valence-electron chi connectivity index (χ4n) is 1.77. The highest BCUT2D eigenvalue weighted by Gasteiger charge is 2.09. The molecule has 0 aliphatic heterocycles. The predicted octanol–water partition coefficient (Wildman–Crippen LogP) is 3.04. The Hall–Kier alpha value is -3.02. The molecule has 1 saturated carbocycles. The van der Waals surface area contributed by atoms with Crippen molar-refractivity contribution in [2.45, 2.75) is 19.3 Å². The Morgan fingerprint density at radius 1 is 0.760 bits per heavy atom. The summed E-state index contributed by atoms with van der Waals surface area (Å²) in [4.78, 5) is 23.4. The molecule has 0 radical (unpaired) electrons. The van der Waals surface area contributed by atoms with Crippen molar-refractivity contribution in [3.8, 4) is 0 Å². The van der Waals surface area contributed by atoms with Gasteiger partial charge in [-0.3, -0.25) is 0 Å². The summed E-state index contributed by atoms with van der Waals surface area (Å²) in [5.74, 6) is -1.04. The second kappa shape index (κ2) is 9.32. The number of esters is 2.